The highest BCUT2D eigenvalue weighted by Gasteiger charge is 2.08. The van der Waals surface area contributed by atoms with Gasteiger partial charge in [-0.3, -0.25) is 10.1 Å². The number of amides is 1. The van der Waals surface area contributed by atoms with E-state index >= 15 is 0 Å². The molecule has 23 heavy (non-hydrogen) atoms. The van der Waals surface area contributed by atoms with E-state index in [-0.39, 0.29) is 5.91 Å². The zero-order valence-electron chi connectivity index (χ0n) is 12.0. The van der Waals surface area contributed by atoms with Crippen LogP contribution in [-0.2, 0) is 6.61 Å². The van der Waals surface area contributed by atoms with Crippen molar-refractivity contribution in [3.05, 3.63) is 71.0 Å². The number of anilines is 1. The van der Waals surface area contributed by atoms with Crippen LogP contribution in [0.1, 0.15) is 15.9 Å². The number of aromatic amines is 1. The Morgan fingerprint density at radius 2 is 2.09 bits per heavy atom. The van der Waals surface area contributed by atoms with Gasteiger partial charge in [0.15, 0.2) is 0 Å². The topological polar surface area (TPSA) is 79.9 Å². The van der Waals surface area contributed by atoms with E-state index in [9.17, 15) is 4.79 Å². The third kappa shape index (κ3) is 4.08. The Balaban J connectivity index is 1.66. The number of carbonyl (C=O) groups is 1. The minimum Gasteiger partial charge on any atom is -0.489 e. The molecule has 0 saturated heterocycles. The third-order valence-corrected chi connectivity index (χ3v) is 3.27. The molecule has 2 N–H and O–H groups in total. The number of carbonyl (C=O) groups excluding carboxylic acids is 1. The van der Waals surface area contributed by atoms with Crippen LogP contribution in [0.25, 0.3) is 0 Å². The van der Waals surface area contributed by atoms with E-state index in [2.05, 4.69) is 20.5 Å². The van der Waals surface area contributed by atoms with Crippen LogP contribution in [0.4, 0.5) is 5.95 Å². The van der Waals surface area contributed by atoms with Crippen molar-refractivity contribution in [1.82, 2.24) is 15.2 Å². The third-order valence-electron chi connectivity index (χ3n) is 3.04. The van der Waals surface area contributed by atoms with Gasteiger partial charge in [0.1, 0.15) is 18.7 Å². The highest BCUT2D eigenvalue weighted by atomic mass is 35.5. The number of ether oxygens (including phenoxy) is 1. The Kier molecular flexibility index (Phi) is 4.54. The summed E-state index contributed by atoms with van der Waals surface area (Å²) in [6.07, 6.45) is 1.32. The molecular formula is C16H13ClN4O2. The van der Waals surface area contributed by atoms with Crippen LogP contribution in [-0.4, -0.2) is 21.1 Å². The first-order chi connectivity index (χ1) is 11.2. The van der Waals surface area contributed by atoms with Gasteiger partial charge in [-0.25, -0.2) is 5.10 Å². The van der Waals surface area contributed by atoms with E-state index in [1.807, 2.05) is 18.2 Å². The number of nitrogens with zero attached hydrogens (tertiary/aromatic N) is 2. The smallest absolute Gasteiger partial charge is 0.258 e. The number of hydrogen-bond acceptors (Lipinski definition) is 4. The average molecular weight is 329 g/mol. The normalized spacial score (nSPS) is 10.3. The average Bonchev–Trinajstić information content (AvgIpc) is 3.06. The molecule has 0 aliphatic carbocycles. The van der Waals surface area contributed by atoms with Gasteiger partial charge in [0.25, 0.3) is 5.91 Å². The second-order valence-corrected chi connectivity index (χ2v) is 5.17. The SMILES string of the molecule is O=C(Nc1ncn[nH]1)c1cccc(OCc2cccc(Cl)c2)c1. The number of aromatic nitrogens is 3. The lowest BCUT2D eigenvalue weighted by molar-refractivity contribution is 0.102. The van der Waals surface area contributed by atoms with E-state index in [4.69, 9.17) is 16.3 Å². The van der Waals surface area contributed by atoms with Gasteiger partial charge < -0.3 is 4.74 Å². The molecule has 1 aromatic heterocycles. The minimum atomic E-state index is -0.296. The van der Waals surface area contributed by atoms with Crippen molar-refractivity contribution in [1.29, 1.82) is 0 Å². The van der Waals surface area contributed by atoms with Crippen LogP contribution in [0, 0.1) is 0 Å². The summed E-state index contributed by atoms with van der Waals surface area (Å²) in [4.78, 5) is 16.0. The quantitative estimate of drug-likeness (QED) is 0.753. The van der Waals surface area contributed by atoms with Crippen molar-refractivity contribution in [2.75, 3.05) is 5.32 Å². The summed E-state index contributed by atoms with van der Waals surface area (Å²) in [7, 11) is 0. The summed E-state index contributed by atoms with van der Waals surface area (Å²) in [6, 6.07) is 14.3. The number of H-pyrrole nitrogens is 1. The summed E-state index contributed by atoms with van der Waals surface area (Å²) in [6.45, 7) is 0.369. The van der Waals surface area contributed by atoms with Gasteiger partial charge in [0.2, 0.25) is 5.95 Å². The fourth-order valence-electron chi connectivity index (χ4n) is 1.97. The molecule has 0 aliphatic rings. The molecule has 0 fully saturated rings. The van der Waals surface area contributed by atoms with Gasteiger partial charge >= 0.3 is 0 Å². The fraction of sp³-hybridized carbons (Fsp3) is 0.0625. The monoisotopic (exact) mass is 328 g/mol. The maximum atomic E-state index is 12.1. The highest BCUT2D eigenvalue weighted by Crippen LogP contribution is 2.17. The van der Waals surface area contributed by atoms with E-state index < -0.39 is 0 Å². The first-order valence-corrected chi connectivity index (χ1v) is 7.22. The number of halogens is 1. The molecule has 0 unspecified atom stereocenters. The lowest BCUT2D eigenvalue weighted by Crippen LogP contribution is -2.13. The molecule has 7 heteroatoms. The second kappa shape index (κ2) is 6.93. The molecule has 0 radical (unpaired) electrons. The molecule has 116 valence electrons. The number of nitrogens with one attached hydrogen (secondary N) is 2. The standard InChI is InChI=1S/C16H13ClN4O2/c17-13-5-1-3-11(7-13)9-23-14-6-2-4-12(8-14)15(22)20-16-18-10-19-21-16/h1-8,10H,9H2,(H2,18,19,20,21,22). The molecule has 1 heterocycles. The van der Waals surface area contributed by atoms with Gasteiger partial charge in [-0.1, -0.05) is 29.8 Å². The van der Waals surface area contributed by atoms with Crippen LogP contribution in [0.15, 0.2) is 54.9 Å². The molecule has 1 amide bonds. The molecule has 0 spiro atoms. The maximum Gasteiger partial charge on any atom is 0.258 e. The Morgan fingerprint density at radius 1 is 1.22 bits per heavy atom. The van der Waals surface area contributed by atoms with E-state index in [1.165, 1.54) is 6.33 Å². The summed E-state index contributed by atoms with van der Waals surface area (Å²) in [5.74, 6) is 0.588. The Labute approximate surface area is 137 Å². The van der Waals surface area contributed by atoms with Gasteiger partial charge in [-0.05, 0) is 35.9 Å². The maximum absolute atomic E-state index is 12.1. The first-order valence-electron chi connectivity index (χ1n) is 6.85. The van der Waals surface area contributed by atoms with Crippen LogP contribution in [0.3, 0.4) is 0 Å². The molecule has 6 nitrogen and oxygen atoms in total. The van der Waals surface area contributed by atoms with Crippen molar-refractivity contribution >= 4 is 23.5 Å². The van der Waals surface area contributed by atoms with E-state index in [1.54, 1.807) is 30.3 Å². The second-order valence-electron chi connectivity index (χ2n) is 4.73. The molecular weight excluding hydrogens is 316 g/mol. The summed E-state index contributed by atoms with van der Waals surface area (Å²) in [5.41, 5.74) is 1.42. The van der Waals surface area contributed by atoms with Crippen LogP contribution in [0.5, 0.6) is 5.75 Å². The van der Waals surface area contributed by atoms with Crippen molar-refractivity contribution in [3.8, 4) is 5.75 Å². The van der Waals surface area contributed by atoms with Gasteiger partial charge in [0.05, 0.1) is 0 Å². The lowest BCUT2D eigenvalue weighted by Gasteiger charge is -2.08. The lowest BCUT2D eigenvalue weighted by atomic mass is 10.2. The van der Waals surface area contributed by atoms with Crippen LogP contribution < -0.4 is 10.1 Å². The number of rotatable bonds is 5. The van der Waals surface area contributed by atoms with Crippen LogP contribution >= 0.6 is 11.6 Å². The number of hydrogen-bond donors (Lipinski definition) is 2. The molecule has 0 saturated carbocycles. The van der Waals surface area contributed by atoms with Crippen molar-refractivity contribution < 1.29 is 9.53 Å². The molecule has 0 bridgehead atoms. The largest absolute Gasteiger partial charge is 0.489 e. The Morgan fingerprint density at radius 3 is 2.87 bits per heavy atom. The Bertz CT molecular complexity index is 805. The molecule has 0 atom stereocenters. The van der Waals surface area contributed by atoms with Crippen molar-refractivity contribution in [2.45, 2.75) is 6.61 Å². The van der Waals surface area contributed by atoms with Gasteiger partial charge in [-0.15, -0.1) is 0 Å². The fourth-order valence-corrected chi connectivity index (χ4v) is 2.18. The summed E-state index contributed by atoms with van der Waals surface area (Å²) < 4.78 is 5.70. The zero-order valence-corrected chi connectivity index (χ0v) is 12.7. The number of benzene rings is 2. The van der Waals surface area contributed by atoms with Crippen molar-refractivity contribution in [2.24, 2.45) is 0 Å². The predicted octanol–water partition coefficient (Wildman–Crippen LogP) is 3.29. The highest BCUT2D eigenvalue weighted by molar-refractivity contribution is 6.30. The minimum absolute atomic E-state index is 0.292. The van der Waals surface area contributed by atoms with E-state index in [0.29, 0.717) is 28.9 Å². The predicted molar refractivity (Wildman–Crippen MR) is 86.6 cm³/mol. The van der Waals surface area contributed by atoms with Gasteiger partial charge in [0, 0.05) is 10.6 Å². The molecule has 3 aromatic rings. The van der Waals surface area contributed by atoms with Crippen LogP contribution in [0.2, 0.25) is 5.02 Å². The van der Waals surface area contributed by atoms with Crippen molar-refractivity contribution in [3.63, 3.8) is 0 Å². The summed E-state index contributed by atoms with van der Waals surface area (Å²) >= 11 is 5.94. The zero-order chi connectivity index (χ0) is 16.1. The Hall–Kier alpha value is -2.86. The molecule has 3 rings (SSSR count). The molecule has 2 aromatic carbocycles. The first kappa shape index (κ1) is 15.1. The van der Waals surface area contributed by atoms with E-state index in [0.717, 1.165) is 5.56 Å². The van der Waals surface area contributed by atoms with Gasteiger partial charge in [-0.2, -0.15) is 10.1 Å². The summed E-state index contributed by atoms with van der Waals surface area (Å²) in [5, 5.41) is 9.50. The molecule has 0 aliphatic heterocycles.